The van der Waals surface area contributed by atoms with E-state index in [9.17, 15) is 13.6 Å². The van der Waals surface area contributed by atoms with Gasteiger partial charge in [0.25, 0.3) is 0 Å². The predicted octanol–water partition coefficient (Wildman–Crippen LogP) is 4.87. The standard InChI is InChI=1S/C19H21F2N3O2.C2H6/c1-5-11(3)16(19(25)26-4)15-9-23-14(10-24(15)6-2)17-12(20)7-8-13(22)18(17)21;1-2/h6-11H,2,5,22H2,1,3-4H3;1-2H3/b16-15+;. The second kappa shape index (κ2) is 10.4. The molecule has 0 saturated carbocycles. The topological polar surface area (TPSA) is 67.9 Å². The van der Waals surface area contributed by atoms with Crippen LogP contribution >= 0.6 is 0 Å². The van der Waals surface area contributed by atoms with Crippen molar-refractivity contribution in [1.82, 2.24) is 4.90 Å². The number of ether oxygens (including phenoxy) is 1. The Bertz CT molecular complexity index is 829. The number of carbonyl (C=O) groups is 1. The molecule has 1 aliphatic rings. The van der Waals surface area contributed by atoms with Crippen LogP contribution in [0.4, 0.5) is 14.5 Å². The summed E-state index contributed by atoms with van der Waals surface area (Å²) in [4.78, 5) is 17.8. The van der Waals surface area contributed by atoms with Crippen molar-refractivity contribution in [1.29, 1.82) is 0 Å². The van der Waals surface area contributed by atoms with Crippen LogP contribution in [0.1, 0.15) is 39.7 Å². The van der Waals surface area contributed by atoms with Crippen molar-refractivity contribution in [2.24, 2.45) is 10.9 Å². The molecule has 28 heavy (non-hydrogen) atoms. The molecule has 0 fully saturated rings. The fourth-order valence-electron chi connectivity index (χ4n) is 2.60. The molecule has 1 aromatic carbocycles. The SMILES string of the molecule is C=CN1C=C(c2c(F)ccc(N)c2F)N=C/C1=C(\C(=O)OC)C(C)CC.CC. The number of methoxy groups -OCH3 is 1. The fraction of sp³-hybridized carbons (Fsp3) is 0.333. The lowest BCUT2D eigenvalue weighted by Gasteiger charge is -2.26. The van der Waals surface area contributed by atoms with Crippen molar-refractivity contribution in [2.45, 2.75) is 34.1 Å². The molecule has 1 unspecified atom stereocenters. The number of anilines is 1. The summed E-state index contributed by atoms with van der Waals surface area (Å²) in [5, 5.41) is 0. The molecule has 0 saturated heterocycles. The number of nitrogens with two attached hydrogens (primary N) is 1. The maximum atomic E-state index is 14.3. The number of halogens is 2. The second-order valence-corrected chi connectivity index (χ2v) is 5.79. The van der Waals surface area contributed by atoms with Gasteiger partial charge >= 0.3 is 5.97 Å². The van der Waals surface area contributed by atoms with E-state index in [2.05, 4.69) is 11.6 Å². The van der Waals surface area contributed by atoms with Gasteiger partial charge in [-0.2, -0.15) is 0 Å². The zero-order valence-corrected chi connectivity index (χ0v) is 16.9. The van der Waals surface area contributed by atoms with Gasteiger partial charge in [-0.1, -0.05) is 34.3 Å². The van der Waals surface area contributed by atoms with Crippen molar-refractivity contribution < 1.29 is 18.3 Å². The third kappa shape index (κ3) is 4.65. The molecule has 5 nitrogen and oxygen atoms in total. The molecule has 0 radical (unpaired) electrons. The van der Waals surface area contributed by atoms with E-state index < -0.39 is 17.6 Å². The zero-order valence-electron chi connectivity index (χ0n) is 16.9. The predicted molar refractivity (Wildman–Crippen MR) is 109 cm³/mol. The number of rotatable bonds is 5. The number of aliphatic imine (C=N–C) groups is 1. The largest absolute Gasteiger partial charge is 0.466 e. The lowest BCUT2D eigenvalue weighted by Crippen LogP contribution is -2.24. The van der Waals surface area contributed by atoms with Crippen molar-refractivity contribution in [3.8, 4) is 0 Å². The first-order valence-corrected chi connectivity index (χ1v) is 9.08. The summed E-state index contributed by atoms with van der Waals surface area (Å²) >= 11 is 0. The van der Waals surface area contributed by atoms with Gasteiger partial charge in [0, 0.05) is 12.4 Å². The van der Waals surface area contributed by atoms with Gasteiger partial charge < -0.3 is 15.4 Å². The molecule has 0 amide bonds. The first-order chi connectivity index (χ1) is 13.3. The monoisotopic (exact) mass is 391 g/mol. The van der Waals surface area contributed by atoms with Gasteiger partial charge in [0.1, 0.15) is 5.82 Å². The van der Waals surface area contributed by atoms with Gasteiger partial charge in [0.15, 0.2) is 5.82 Å². The molecule has 152 valence electrons. The molecule has 0 spiro atoms. The zero-order chi connectivity index (χ0) is 21.4. The normalized spacial score (nSPS) is 15.8. The molecular weight excluding hydrogens is 364 g/mol. The minimum atomic E-state index is -0.889. The van der Waals surface area contributed by atoms with E-state index in [0.717, 1.165) is 12.1 Å². The molecular formula is C21H27F2N3O2. The Morgan fingerprint density at radius 1 is 1.39 bits per heavy atom. The van der Waals surface area contributed by atoms with Crippen LogP contribution in [0, 0.1) is 17.6 Å². The Labute approximate surface area is 164 Å². The number of nitrogen functional groups attached to an aromatic ring is 1. The Morgan fingerprint density at radius 3 is 2.57 bits per heavy atom. The highest BCUT2D eigenvalue weighted by Crippen LogP contribution is 2.31. The Hall–Kier alpha value is -2.96. The highest BCUT2D eigenvalue weighted by molar-refractivity contribution is 5.99. The van der Waals surface area contributed by atoms with Gasteiger partial charge in [-0.05, 0) is 24.5 Å². The molecule has 1 atom stereocenters. The Morgan fingerprint density at radius 2 is 2.04 bits per heavy atom. The van der Waals surface area contributed by atoms with Crippen LogP contribution in [0.25, 0.3) is 5.70 Å². The molecule has 1 aliphatic heterocycles. The quantitative estimate of drug-likeness (QED) is 0.441. The number of benzene rings is 1. The van der Waals surface area contributed by atoms with Gasteiger partial charge in [0.2, 0.25) is 0 Å². The number of allylic oxidation sites excluding steroid dienone is 1. The minimum Gasteiger partial charge on any atom is -0.466 e. The molecule has 0 aromatic heterocycles. The smallest absolute Gasteiger partial charge is 0.336 e. The van der Waals surface area contributed by atoms with Gasteiger partial charge in [0.05, 0.1) is 41.5 Å². The van der Waals surface area contributed by atoms with Crippen LogP contribution < -0.4 is 5.73 Å². The van der Waals surface area contributed by atoms with Gasteiger partial charge in [-0.3, -0.25) is 4.99 Å². The number of nitrogens with zero attached hydrogens (tertiary/aromatic N) is 2. The van der Waals surface area contributed by atoms with Crippen molar-refractivity contribution in [3.05, 3.63) is 59.6 Å². The summed E-state index contributed by atoms with van der Waals surface area (Å²) < 4.78 is 33.3. The van der Waals surface area contributed by atoms with E-state index in [1.54, 1.807) is 0 Å². The average Bonchev–Trinajstić information content (AvgIpc) is 2.72. The number of hydrogen-bond donors (Lipinski definition) is 1. The van der Waals surface area contributed by atoms with E-state index in [1.165, 1.54) is 30.6 Å². The first kappa shape index (κ1) is 23.1. The van der Waals surface area contributed by atoms with E-state index in [4.69, 9.17) is 10.5 Å². The third-order valence-corrected chi connectivity index (χ3v) is 4.23. The minimum absolute atomic E-state index is 0.0318. The number of esters is 1. The molecule has 7 heteroatoms. The van der Waals surface area contributed by atoms with E-state index in [0.29, 0.717) is 17.7 Å². The highest BCUT2D eigenvalue weighted by Gasteiger charge is 2.26. The second-order valence-electron chi connectivity index (χ2n) is 5.79. The summed E-state index contributed by atoms with van der Waals surface area (Å²) in [5.41, 5.74) is 5.89. The van der Waals surface area contributed by atoms with Crippen molar-refractivity contribution >= 4 is 23.6 Å². The Kier molecular flexibility index (Phi) is 8.57. The number of carbonyl (C=O) groups excluding carboxylic acids is 1. The molecule has 1 aromatic rings. The maximum Gasteiger partial charge on any atom is 0.336 e. The first-order valence-electron chi connectivity index (χ1n) is 9.08. The van der Waals surface area contributed by atoms with Crippen molar-refractivity contribution in [2.75, 3.05) is 12.8 Å². The molecule has 2 rings (SSSR count). The van der Waals surface area contributed by atoms with E-state index >= 15 is 0 Å². The molecule has 0 aliphatic carbocycles. The lowest BCUT2D eigenvalue weighted by atomic mass is 9.95. The summed E-state index contributed by atoms with van der Waals surface area (Å²) in [6.07, 6.45) is 4.89. The van der Waals surface area contributed by atoms with E-state index in [1.807, 2.05) is 27.7 Å². The highest BCUT2D eigenvalue weighted by atomic mass is 19.1. The molecule has 0 bridgehead atoms. The summed E-state index contributed by atoms with van der Waals surface area (Å²) in [6.45, 7) is 11.5. The summed E-state index contributed by atoms with van der Waals surface area (Å²) in [6, 6.07) is 2.23. The van der Waals surface area contributed by atoms with Crippen LogP contribution in [0.15, 0.2) is 47.4 Å². The lowest BCUT2D eigenvalue weighted by molar-refractivity contribution is -0.136. The van der Waals surface area contributed by atoms with Crippen LogP contribution in [0.5, 0.6) is 0 Å². The third-order valence-electron chi connectivity index (χ3n) is 4.23. The number of hydrogen-bond acceptors (Lipinski definition) is 5. The molecule has 1 heterocycles. The average molecular weight is 391 g/mol. The van der Waals surface area contributed by atoms with Crippen LogP contribution in [0.3, 0.4) is 0 Å². The fourth-order valence-corrected chi connectivity index (χ4v) is 2.60. The van der Waals surface area contributed by atoms with Crippen LogP contribution in [0.2, 0.25) is 0 Å². The van der Waals surface area contributed by atoms with Crippen LogP contribution in [-0.2, 0) is 9.53 Å². The Balaban J connectivity index is 0.00000190. The van der Waals surface area contributed by atoms with Crippen molar-refractivity contribution in [3.63, 3.8) is 0 Å². The summed E-state index contributed by atoms with van der Waals surface area (Å²) in [5.74, 6) is -2.28. The van der Waals surface area contributed by atoms with Crippen LogP contribution in [-0.4, -0.2) is 24.2 Å². The van der Waals surface area contributed by atoms with E-state index in [-0.39, 0.29) is 22.9 Å². The maximum absolute atomic E-state index is 14.3. The molecule has 2 N–H and O–H groups in total. The van der Waals surface area contributed by atoms with Gasteiger partial charge in [-0.15, -0.1) is 0 Å². The van der Waals surface area contributed by atoms with Gasteiger partial charge in [-0.25, -0.2) is 13.6 Å². The summed E-state index contributed by atoms with van der Waals surface area (Å²) in [7, 11) is 1.29.